The molecule has 0 radical (unpaired) electrons. The highest BCUT2D eigenvalue weighted by Crippen LogP contribution is 2.34. The van der Waals surface area contributed by atoms with Crippen molar-refractivity contribution in [2.24, 2.45) is 5.92 Å². The lowest BCUT2D eigenvalue weighted by Gasteiger charge is -2.36. The van der Waals surface area contributed by atoms with Crippen molar-refractivity contribution in [1.29, 1.82) is 0 Å². The van der Waals surface area contributed by atoms with Gasteiger partial charge in [0.25, 0.3) is 0 Å². The maximum Gasteiger partial charge on any atom is 0.129 e. The molecule has 120 valence electrons. The normalized spacial score (nSPS) is 28.9. The molecule has 3 atom stereocenters. The van der Waals surface area contributed by atoms with Crippen molar-refractivity contribution in [2.75, 3.05) is 13.2 Å². The van der Waals surface area contributed by atoms with Gasteiger partial charge in [-0.15, -0.1) is 11.6 Å². The van der Waals surface area contributed by atoms with Gasteiger partial charge >= 0.3 is 0 Å². The quantitative estimate of drug-likeness (QED) is 0.695. The number of alkyl halides is 1. The SMILES string of the molecule is CC1C#CC(Cl)CC1c1ccc2ncn(CC3(O)COC3)c2c1. The highest BCUT2D eigenvalue weighted by atomic mass is 35.5. The Morgan fingerprint density at radius 3 is 3.00 bits per heavy atom. The van der Waals surface area contributed by atoms with Crippen LogP contribution in [0.2, 0.25) is 0 Å². The zero-order valence-electron chi connectivity index (χ0n) is 13.0. The van der Waals surface area contributed by atoms with Gasteiger partial charge in [-0.3, -0.25) is 0 Å². The van der Waals surface area contributed by atoms with Crippen LogP contribution in [0.15, 0.2) is 24.5 Å². The zero-order valence-corrected chi connectivity index (χ0v) is 13.8. The largest absolute Gasteiger partial charge is 0.383 e. The molecule has 0 spiro atoms. The molecule has 3 unspecified atom stereocenters. The number of aromatic nitrogens is 2. The van der Waals surface area contributed by atoms with Crippen molar-refractivity contribution in [3.63, 3.8) is 0 Å². The third kappa shape index (κ3) is 2.74. The van der Waals surface area contributed by atoms with Crippen LogP contribution in [0.25, 0.3) is 11.0 Å². The second kappa shape index (κ2) is 5.52. The molecule has 1 saturated heterocycles. The van der Waals surface area contributed by atoms with Crippen LogP contribution >= 0.6 is 11.6 Å². The van der Waals surface area contributed by atoms with Crippen LogP contribution in [0.5, 0.6) is 0 Å². The Labute approximate surface area is 140 Å². The van der Waals surface area contributed by atoms with E-state index in [2.05, 4.69) is 35.9 Å². The highest BCUT2D eigenvalue weighted by molar-refractivity contribution is 6.22. The molecule has 1 aromatic carbocycles. The van der Waals surface area contributed by atoms with E-state index in [0.717, 1.165) is 17.5 Å². The number of imidazole rings is 1. The molecule has 4 rings (SSSR count). The van der Waals surface area contributed by atoms with Crippen molar-refractivity contribution >= 4 is 22.6 Å². The third-order valence-corrected chi connectivity index (χ3v) is 5.10. The second-order valence-electron chi connectivity index (χ2n) is 6.72. The van der Waals surface area contributed by atoms with E-state index in [-0.39, 0.29) is 5.38 Å². The molecule has 1 aromatic heterocycles. The van der Waals surface area contributed by atoms with Gasteiger partial charge < -0.3 is 14.4 Å². The van der Waals surface area contributed by atoms with Crippen molar-refractivity contribution in [2.45, 2.75) is 36.8 Å². The van der Waals surface area contributed by atoms with E-state index < -0.39 is 5.60 Å². The number of benzene rings is 1. The van der Waals surface area contributed by atoms with E-state index in [1.807, 2.05) is 10.6 Å². The van der Waals surface area contributed by atoms with Gasteiger partial charge in [0.05, 0.1) is 42.5 Å². The molecule has 0 saturated carbocycles. The fourth-order valence-electron chi connectivity index (χ4n) is 3.41. The van der Waals surface area contributed by atoms with Gasteiger partial charge in [-0.05, 0) is 30.0 Å². The number of nitrogens with zero attached hydrogens (tertiary/aromatic N) is 2. The summed E-state index contributed by atoms with van der Waals surface area (Å²) < 4.78 is 7.14. The van der Waals surface area contributed by atoms with Crippen LogP contribution in [-0.4, -0.2) is 38.8 Å². The summed E-state index contributed by atoms with van der Waals surface area (Å²) in [6.07, 6.45) is 2.66. The van der Waals surface area contributed by atoms with Crippen molar-refractivity contribution in [3.8, 4) is 11.8 Å². The molecule has 1 aliphatic carbocycles. The Morgan fingerprint density at radius 1 is 1.43 bits per heavy atom. The lowest BCUT2D eigenvalue weighted by atomic mass is 9.81. The predicted octanol–water partition coefficient (Wildman–Crippen LogP) is 2.53. The van der Waals surface area contributed by atoms with Crippen molar-refractivity contribution in [3.05, 3.63) is 30.1 Å². The molecule has 2 heterocycles. The predicted molar refractivity (Wildman–Crippen MR) is 89.4 cm³/mol. The van der Waals surface area contributed by atoms with Crippen LogP contribution in [0, 0.1) is 17.8 Å². The fraction of sp³-hybridized carbons (Fsp3) is 0.500. The van der Waals surface area contributed by atoms with Gasteiger partial charge in [0, 0.05) is 5.92 Å². The van der Waals surface area contributed by atoms with Crippen LogP contribution in [-0.2, 0) is 11.3 Å². The number of ether oxygens (including phenoxy) is 1. The third-order valence-electron chi connectivity index (χ3n) is 4.81. The highest BCUT2D eigenvalue weighted by Gasteiger charge is 2.36. The van der Waals surface area contributed by atoms with E-state index in [4.69, 9.17) is 16.3 Å². The maximum absolute atomic E-state index is 10.3. The molecule has 5 heteroatoms. The van der Waals surface area contributed by atoms with Crippen molar-refractivity contribution < 1.29 is 9.84 Å². The average Bonchev–Trinajstić information content (AvgIpc) is 2.90. The average molecular weight is 331 g/mol. The molecular formula is C18H19ClN2O2. The minimum Gasteiger partial charge on any atom is -0.383 e. The van der Waals surface area contributed by atoms with E-state index in [9.17, 15) is 5.11 Å². The van der Waals surface area contributed by atoms with Gasteiger partial charge in [-0.1, -0.05) is 24.8 Å². The topological polar surface area (TPSA) is 47.3 Å². The summed E-state index contributed by atoms with van der Waals surface area (Å²) in [5, 5.41) is 10.2. The molecule has 2 aliphatic rings. The van der Waals surface area contributed by atoms with Crippen LogP contribution in [0.4, 0.5) is 0 Å². The van der Waals surface area contributed by atoms with E-state index in [0.29, 0.717) is 31.6 Å². The molecule has 1 fully saturated rings. The Morgan fingerprint density at radius 2 is 2.26 bits per heavy atom. The van der Waals surface area contributed by atoms with Gasteiger partial charge in [0.1, 0.15) is 5.60 Å². The minimum atomic E-state index is -0.769. The molecule has 23 heavy (non-hydrogen) atoms. The first-order chi connectivity index (χ1) is 11.0. The van der Waals surface area contributed by atoms with Gasteiger partial charge in [-0.25, -0.2) is 4.98 Å². The summed E-state index contributed by atoms with van der Waals surface area (Å²) in [6, 6.07) is 6.34. The van der Waals surface area contributed by atoms with Crippen LogP contribution < -0.4 is 0 Å². The lowest BCUT2D eigenvalue weighted by Crippen LogP contribution is -2.52. The van der Waals surface area contributed by atoms with E-state index >= 15 is 0 Å². The maximum atomic E-state index is 10.3. The monoisotopic (exact) mass is 330 g/mol. The minimum absolute atomic E-state index is 0.0790. The number of fused-ring (bicyclic) bond motifs is 1. The standard InChI is InChI=1S/C18H19ClN2O2/c1-12-2-4-14(19)7-15(12)13-3-5-16-17(6-13)21(11-20-16)8-18(22)9-23-10-18/h3,5-6,11-12,14-15,22H,7-10H2,1H3. The number of aliphatic hydroxyl groups is 1. The smallest absolute Gasteiger partial charge is 0.129 e. The van der Waals surface area contributed by atoms with Gasteiger partial charge in [0.15, 0.2) is 0 Å². The molecular weight excluding hydrogens is 312 g/mol. The van der Waals surface area contributed by atoms with E-state index in [1.165, 1.54) is 5.56 Å². The number of rotatable bonds is 3. The lowest BCUT2D eigenvalue weighted by molar-refractivity contribution is -0.184. The Kier molecular flexibility index (Phi) is 3.60. The zero-order chi connectivity index (χ0) is 16.0. The number of halogens is 1. The first-order valence-corrected chi connectivity index (χ1v) is 8.38. The fourth-order valence-corrected chi connectivity index (χ4v) is 3.66. The summed E-state index contributed by atoms with van der Waals surface area (Å²) in [7, 11) is 0. The summed E-state index contributed by atoms with van der Waals surface area (Å²) >= 11 is 6.23. The Bertz CT molecular complexity index is 800. The first kappa shape index (κ1) is 15.0. The Balaban J connectivity index is 1.68. The number of hydrogen-bond donors (Lipinski definition) is 1. The molecule has 2 aromatic rings. The Hall–Kier alpha value is -1.54. The molecule has 0 amide bonds. The first-order valence-electron chi connectivity index (χ1n) is 7.94. The van der Waals surface area contributed by atoms with Gasteiger partial charge in [0.2, 0.25) is 0 Å². The summed E-state index contributed by atoms with van der Waals surface area (Å²) in [4.78, 5) is 4.44. The van der Waals surface area contributed by atoms with Gasteiger partial charge in [-0.2, -0.15) is 0 Å². The summed E-state index contributed by atoms with van der Waals surface area (Å²) in [5.41, 5.74) is 2.45. The summed E-state index contributed by atoms with van der Waals surface area (Å²) in [6.45, 7) is 3.42. The number of hydrogen-bond acceptors (Lipinski definition) is 3. The van der Waals surface area contributed by atoms with Crippen LogP contribution in [0.3, 0.4) is 0 Å². The molecule has 0 bridgehead atoms. The molecule has 1 N–H and O–H groups in total. The van der Waals surface area contributed by atoms with E-state index in [1.54, 1.807) is 6.33 Å². The molecule has 1 aliphatic heterocycles. The van der Waals surface area contributed by atoms with Crippen molar-refractivity contribution in [1.82, 2.24) is 9.55 Å². The second-order valence-corrected chi connectivity index (χ2v) is 7.25. The molecule has 4 nitrogen and oxygen atoms in total. The van der Waals surface area contributed by atoms with Crippen LogP contribution in [0.1, 0.15) is 24.8 Å². The summed E-state index contributed by atoms with van der Waals surface area (Å²) in [5.74, 6) is 6.93.